The number of halogens is 5. The highest BCUT2D eigenvalue weighted by Crippen LogP contribution is 2.25. The fourth-order valence-electron chi connectivity index (χ4n) is 1.66. The topological polar surface area (TPSA) is 77.0 Å². The van der Waals surface area contributed by atoms with E-state index < -0.39 is 0 Å². The molecule has 0 spiro atoms. The van der Waals surface area contributed by atoms with Crippen molar-refractivity contribution in [1.29, 1.82) is 10.5 Å². The number of ether oxygens (including phenoxy) is 1. The van der Waals surface area contributed by atoms with Gasteiger partial charge in [0.05, 0.1) is 42.1 Å². The molecule has 0 saturated carbocycles. The van der Waals surface area contributed by atoms with E-state index in [4.69, 9.17) is 43.6 Å². The molecule has 142 valence electrons. The molecule has 2 aromatic rings. The molecule has 0 saturated heterocycles. The molecule has 0 fully saturated rings. The maximum absolute atomic E-state index is 9.09. The maximum Gasteiger partial charge on any atom is 0.369 e. The fraction of sp³-hybridized carbons (Fsp3) is 0.176. The van der Waals surface area contributed by atoms with Crippen LogP contribution in [0.15, 0.2) is 36.4 Å². The minimum atomic E-state index is 0.0272. The molecular weight excluding hydrogens is 586 g/mol. The summed E-state index contributed by atoms with van der Waals surface area (Å²) >= 11 is 20.6. The fourth-order valence-corrected chi connectivity index (χ4v) is 1.98. The maximum atomic E-state index is 9.09. The van der Waals surface area contributed by atoms with Crippen LogP contribution in [0.5, 0.6) is 11.5 Å². The average Bonchev–Trinajstić information content (AvgIpc) is 2.60. The van der Waals surface area contributed by atoms with E-state index in [0.29, 0.717) is 28.6 Å². The lowest BCUT2D eigenvalue weighted by atomic mass is 10.1. The van der Waals surface area contributed by atoms with Crippen molar-refractivity contribution in [3.05, 3.63) is 57.6 Å². The summed E-state index contributed by atoms with van der Waals surface area (Å²) in [6, 6.07) is 14.1. The lowest BCUT2D eigenvalue weighted by Crippen LogP contribution is -1.87. The SMILES string of the molecule is BrB(Br)Br.COc1cc(CC#N)ccc1Cl.N#CCc1ccc(Cl)c(O)c1. The van der Waals surface area contributed by atoms with Crippen LogP contribution in [0, 0.1) is 22.7 Å². The number of aromatic hydroxyl groups is 1. The first-order valence-corrected chi connectivity index (χ1v) is 10.7. The molecule has 0 bridgehead atoms. The Kier molecular flexibility index (Phi) is 14.6. The van der Waals surface area contributed by atoms with Gasteiger partial charge in [0.2, 0.25) is 0 Å². The number of hydrogen-bond acceptors (Lipinski definition) is 4. The quantitative estimate of drug-likeness (QED) is 0.399. The van der Waals surface area contributed by atoms with Crippen LogP contribution in [0.4, 0.5) is 0 Å². The summed E-state index contributed by atoms with van der Waals surface area (Å²) in [5.74, 6) is 0.642. The number of nitriles is 2. The molecule has 0 radical (unpaired) electrons. The van der Waals surface area contributed by atoms with Crippen LogP contribution in [-0.4, -0.2) is 15.4 Å². The molecule has 1 N–H and O–H groups in total. The summed E-state index contributed by atoms with van der Waals surface area (Å²) in [7, 11) is 1.55. The van der Waals surface area contributed by atoms with Gasteiger partial charge in [0.1, 0.15) is 11.5 Å². The number of methoxy groups -OCH3 is 1. The average molecular weight is 600 g/mol. The second kappa shape index (κ2) is 15.1. The second-order valence-electron chi connectivity index (χ2n) is 4.67. The molecule has 0 aromatic heterocycles. The van der Waals surface area contributed by atoms with Crippen LogP contribution in [0.25, 0.3) is 0 Å². The molecule has 4 nitrogen and oxygen atoms in total. The van der Waals surface area contributed by atoms with Crippen molar-refractivity contribution in [3.63, 3.8) is 0 Å². The zero-order valence-electron chi connectivity index (χ0n) is 14.1. The molecule has 0 aliphatic rings. The van der Waals surface area contributed by atoms with Gasteiger partial charge in [-0.05, 0) is 35.4 Å². The first kappa shape index (κ1) is 26.1. The second-order valence-corrected chi connectivity index (χ2v) is 11.9. The summed E-state index contributed by atoms with van der Waals surface area (Å²) in [4.78, 5) is 0. The zero-order chi connectivity index (χ0) is 20.8. The summed E-state index contributed by atoms with van der Waals surface area (Å²) in [6.07, 6.45) is 0.679. The van der Waals surface area contributed by atoms with E-state index in [1.54, 1.807) is 31.4 Å². The minimum absolute atomic E-state index is 0.0272. The molecule has 10 heteroatoms. The first-order chi connectivity index (χ1) is 12.7. The summed E-state index contributed by atoms with van der Waals surface area (Å²) in [6.45, 7) is 0. The molecule has 0 amide bonds. The highest BCUT2D eigenvalue weighted by molar-refractivity contribution is 9.69. The van der Waals surface area contributed by atoms with Crippen LogP contribution in [0.3, 0.4) is 0 Å². The van der Waals surface area contributed by atoms with Crippen LogP contribution in [0.2, 0.25) is 10.0 Å². The Morgan fingerprint density at radius 1 is 0.963 bits per heavy atom. The lowest BCUT2D eigenvalue weighted by molar-refractivity contribution is 0.414. The van der Waals surface area contributed by atoms with E-state index in [1.165, 1.54) is 6.07 Å². The van der Waals surface area contributed by atoms with E-state index in [2.05, 4.69) is 53.3 Å². The molecule has 0 atom stereocenters. The largest absolute Gasteiger partial charge is 0.506 e. The third kappa shape index (κ3) is 12.2. The van der Waals surface area contributed by atoms with Crippen molar-refractivity contribution in [2.75, 3.05) is 7.11 Å². The molecule has 2 aromatic carbocycles. The number of hydrogen-bond donors (Lipinski definition) is 1. The van der Waals surface area contributed by atoms with Gasteiger partial charge in [-0.15, -0.1) is 47.3 Å². The summed E-state index contributed by atoms with van der Waals surface area (Å²) < 4.78 is 5.26. The van der Waals surface area contributed by atoms with Crippen molar-refractivity contribution < 1.29 is 9.84 Å². The van der Waals surface area contributed by atoms with Crippen LogP contribution >= 0.6 is 70.5 Å². The molecule has 0 unspecified atom stereocenters. The minimum Gasteiger partial charge on any atom is -0.506 e. The predicted molar refractivity (Wildman–Crippen MR) is 122 cm³/mol. The van der Waals surface area contributed by atoms with Crippen molar-refractivity contribution in [2.24, 2.45) is 0 Å². The summed E-state index contributed by atoms with van der Waals surface area (Å²) in [5, 5.41) is 26.7. The Labute approximate surface area is 194 Å². The molecule has 0 aliphatic carbocycles. The summed E-state index contributed by atoms with van der Waals surface area (Å²) in [5.41, 5.74) is 1.69. The molecule has 0 heterocycles. The zero-order valence-corrected chi connectivity index (χ0v) is 20.4. The molecule has 2 rings (SSSR count). The van der Waals surface area contributed by atoms with Gasteiger partial charge < -0.3 is 9.84 Å². The van der Waals surface area contributed by atoms with Crippen LogP contribution in [0.1, 0.15) is 11.1 Å². The van der Waals surface area contributed by atoms with E-state index in [9.17, 15) is 0 Å². The van der Waals surface area contributed by atoms with Crippen molar-refractivity contribution in [3.8, 4) is 23.6 Å². The van der Waals surface area contributed by atoms with Gasteiger partial charge >= 0.3 is 3.18 Å². The normalized spacial score (nSPS) is 8.74. The van der Waals surface area contributed by atoms with E-state index >= 15 is 0 Å². The molecule has 27 heavy (non-hydrogen) atoms. The van der Waals surface area contributed by atoms with Crippen molar-refractivity contribution in [1.82, 2.24) is 0 Å². The van der Waals surface area contributed by atoms with E-state index in [1.807, 2.05) is 12.1 Å². The van der Waals surface area contributed by atoms with E-state index in [0.717, 1.165) is 11.1 Å². The van der Waals surface area contributed by atoms with Gasteiger partial charge in [0.25, 0.3) is 0 Å². The van der Waals surface area contributed by atoms with Crippen LogP contribution in [-0.2, 0) is 12.8 Å². The highest BCUT2D eigenvalue weighted by Gasteiger charge is 2.00. The Bertz CT molecular complexity index is 809. The first-order valence-electron chi connectivity index (χ1n) is 7.21. The monoisotopic (exact) mass is 596 g/mol. The molecule has 0 aliphatic heterocycles. The number of nitrogens with zero attached hydrogens (tertiary/aromatic N) is 2. The van der Waals surface area contributed by atoms with Gasteiger partial charge in [-0.1, -0.05) is 35.3 Å². The predicted octanol–water partition coefficient (Wildman–Crippen LogP) is 6.68. The smallest absolute Gasteiger partial charge is 0.369 e. The Balaban J connectivity index is 0.000000421. The van der Waals surface area contributed by atoms with Gasteiger partial charge in [-0.2, -0.15) is 10.5 Å². The third-order valence-electron chi connectivity index (χ3n) is 2.79. The highest BCUT2D eigenvalue weighted by atomic mass is 79.9. The van der Waals surface area contributed by atoms with Gasteiger partial charge in [-0.25, -0.2) is 0 Å². The van der Waals surface area contributed by atoms with Gasteiger partial charge in [0, 0.05) is 0 Å². The van der Waals surface area contributed by atoms with Crippen LogP contribution < -0.4 is 4.74 Å². The Morgan fingerprint density at radius 3 is 1.81 bits per heavy atom. The lowest BCUT2D eigenvalue weighted by Gasteiger charge is -2.03. The number of phenolic OH excluding ortho intramolecular Hbond substituents is 1. The number of benzene rings is 2. The molecular formula is C17H14BBr3Cl2N2O2. The third-order valence-corrected chi connectivity index (χ3v) is 3.42. The Morgan fingerprint density at radius 2 is 1.41 bits per heavy atom. The van der Waals surface area contributed by atoms with Gasteiger partial charge in [0.15, 0.2) is 0 Å². The number of rotatable bonds is 3. The number of phenols is 1. The van der Waals surface area contributed by atoms with Crippen molar-refractivity contribution in [2.45, 2.75) is 12.8 Å². The van der Waals surface area contributed by atoms with E-state index in [-0.39, 0.29) is 8.93 Å². The van der Waals surface area contributed by atoms with Gasteiger partial charge in [-0.3, -0.25) is 0 Å². The van der Waals surface area contributed by atoms with Crippen molar-refractivity contribution >= 4 is 73.7 Å². The Hall–Kier alpha value is -0.895. The standard InChI is InChI=1S/C9H8ClNO.C8H6ClNO.BBr3/c1-12-9-6-7(4-5-11)2-3-8(9)10;9-7-2-1-6(3-4-10)5-8(7)11;2-1(3)4/h2-3,6H,4H2,1H3;1-2,5,11H,3H2;.